The number of benzene rings is 1. The molecule has 3 nitrogen and oxygen atoms in total. The van der Waals surface area contributed by atoms with Gasteiger partial charge in [-0.15, -0.1) is 0 Å². The molecule has 0 aromatic heterocycles. The minimum Gasteiger partial charge on any atom is -0.478 e. The van der Waals surface area contributed by atoms with Crippen LogP contribution in [0.5, 0.6) is 0 Å². The third-order valence-electron chi connectivity index (χ3n) is 3.74. The van der Waals surface area contributed by atoms with Gasteiger partial charge in [0.05, 0.1) is 0 Å². The first-order valence-corrected chi connectivity index (χ1v) is 6.88. The first-order chi connectivity index (χ1) is 9.15. The molecular weight excluding hydrogens is 238 g/mol. The van der Waals surface area contributed by atoms with Crippen LogP contribution in [0.1, 0.15) is 44.2 Å². The minimum atomic E-state index is -0.820. The van der Waals surface area contributed by atoms with Gasteiger partial charge in [-0.2, -0.15) is 0 Å². The fourth-order valence-corrected chi connectivity index (χ4v) is 2.67. The first-order valence-electron chi connectivity index (χ1n) is 6.88. The Hall–Kier alpha value is -1.61. The van der Waals surface area contributed by atoms with Gasteiger partial charge in [-0.1, -0.05) is 35.9 Å². The summed E-state index contributed by atoms with van der Waals surface area (Å²) < 4.78 is 0. The van der Waals surface area contributed by atoms with Crippen molar-refractivity contribution in [2.45, 2.75) is 44.7 Å². The number of nitrogens with one attached hydrogen (secondary N) is 1. The fraction of sp³-hybridized carbons (Fsp3) is 0.438. The second-order valence-corrected chi connectivity index (χ2v) is 5.21. The molecule has 102 valence electrons. The maximum absolute atomic E-state index is 10.6. The monoisotopic (exact) mass is 259 g/mol. The molecule has 0 spiro atoms. The van der Waals surface area contributed by atoms with Crippen molar-refractivity contribution >= 4 is 5.97 Å². The van der Waals surface area contributed by atoms with Crippen molar-refractivity contribution in [2.24, 2.45) is 0 Å². The number of hydrogen-bond acceptors (Lipinski definition) is 2. The zero-order valence-corrected chi connectivity index (χ0v) is 11.3. The van der Waals surface area contributed by atoms with Crippen molar-refractivity contribution in [3.63, 3.8) is 0 Å². The fourth-order valence-electron chi connectivity index (χ4n) is 2.67. The summed E-state index contributed by atoms with van der Waals surface area (Å²) in [5.74, 6) is -0.820. The lowest BCUT2D eigenvalue weighted by Gasteiger charge is -2.28. The summed E-state index contributed by atoms with van der Waals surface area (Å²) in [6, 6.07) is 11.2. The van der Waals surface area contributed by atoms with Crippen molar-refractivity contribution in [3.8, 4) is 0 Å². The van der Waals surface area contributed by atoms with E-state index in [2.05, 4.69) is 36.5 Å². The zero-order chi connectivity index (χ0) is 13.7. The highest BCUT2D eigenvalue weighted by molar-refractivity contribution is 5.80. The van der Waals surface area contributed by atoms with Crippen LogP contribution < -0.4 is 5.32 Å². The van der Waals surface area contributed by atoms with Crippen molar-refractivity contribution in [1.29, 1.82) is 0 Å². The smallest absolute Gasteiger partial charge is 0.328 e. The van der Waals surface area contributed by atoms with Gasteiger partial charge in [0.1, 0.15) is 0 Å². The van der Waals surface area contributed by atoms with Crippen LogP contribution in [0.25, 0.3) is 0 Å². The summed E-state index contributed by atoms with van der Waals surface area (Å²) in [7, 11) is 0. The summed E-state index contributed by atoms with van der Waals surface area (Å²) in [5.41, 5.74) is 2.37. The molecule has 0 radical (unpaired) electrons. The van der Waals surface area contributed by atoms with E-state index in [1.54, 1.807) is 0 Å². The molecule has 1 saturated carbocycles. The maximum Gasteiger partial charge on any atom is 0.328 e. The van der Waals surface area contributed by atoms with Crippen LogP contribution in [0.2, 0.25) is 0 Å². The lowest BCUT2D eigenvalue weighted by molar-refractivity contribution is -0.131. The van der Waals surface area contributed by atoms with Gasteiger partial charge in [0, 0.05) is 18.2 Å². The molecule has 19 heavy (non-hydrogen) atoms. The quantitative estimate of drug-likeness (QED) is 0.816. The molecule has 0 bridgehead atoms. The van der Waals surface area contributed by atoms with Crippen LogP contribution >= 0.6 is 0 Å². The Labute approximate surface area is 114 Å². The van der Waals surface area contributed by atoms with Crippen molar-refractivity contribution in [3.05, 3.63) is 47.5 Å². The normalized spacial score (nSPS) is 20.9. The van der Waals surface area contributed by atoms with Gasteiger partial charge in [-0.05, 0) is 38.2 Å². The van der Waals surface area contributed by atoms with Crippen molar-refractivity contribution < 1.29 is 9.90 Å². The van der Waals surface area contributed by atoms with Crippen LogP contribution in [0.3, 0.4) is 0 Å². The van der Waals surface area contributed by atoms with Gasteiger partial charge in [-0.3, -0.25) is 0 Å². The lowest BCUT2D eigenvalue weighted by atomic mass is 9.90. The van der Waals surface area contributed by atoms with Crippen molar-refractivity contribution in [1.82, 2.24) is 5.32 Å². The van der Waals surface area contributed by atoms with Crippen LogP contribution in [-0.4, -0.2) is 17.1 Å². The molecule has 0 saturated heterocycles. The van der Waals surface area contributed by atoms with Crippen LogP contribution in [0, 0.1) is 0 Å². The Bertz CT molecular complexity index is 443. The molecule has 1 fully saturated rings. The SMILES string of the molecule is CC(NC1CCC(=CC(=O)O)CC1)c1ccccc1. The number of carboxylic acid groups (broad SMARTS) is 1. The molecule has 1 aromatic carbocycles. The number of carboxylic acids is 1. The Morgan fingerprint density at radius 1 is 1.32 bits per heavy atom. The maximum atomic E-state index is 10.6. The largest absolute Gasteiger partial charge is 0.478 e. The average Bonchev–Trinajstić information content (AvgIpc) is 2.41. The third-order valence-corrected chi connectivity index (χ3v) is 3.74. The number of hydrogen-bond donors (Lipinski definition) is 2. The van der Waals surface area contributed by atoms with E-state index in [1.165, 1.54) is 11.6 Å². The van der Waals surface area contributed by atoms with E-state index < -0.39 is 5.97 Å². The first kappa shape index (κ1) is 13.8. The van der Waals surface area contributed by atoms with E-state index in [0.717, 1.165) is 31.3 Å². The highest BCUT2D eigenvalue weighted by Crippen LogP contribution is 2.25. The summed E-state index contributed by atoms with van der Waals surface area (Å²) >= 11 is 0. The number of carbonyl (C=O) groups is 1. The van der Waals surface area contributed by atoms with Gasteiger partial charge < -0.3 is 10.4 Å². The van der Waals surface area contributed by atoms with Crippen LogP contribution in [0.15, 0.2) is 42.0 Å². The van der Waals surface area contributed by atoms with Gasteiger partial charge in [0.2, 0.25) is 0 Å². The molecule has 3 heteroatoms. The van der Waals surface area contributed by atoms with Crippen LogP contribution in [0.4, 0.5) is 0 Å². The summed E-state index contributed by atoms with van der Waals surface area (Å²) in [6.07, 6.45) is 5.21. The third kappa shape index (κ3) is 4.21. The molecule has 1 atom stereocenters. The van der Waals surface area contributed by atoms with Gasteiger partial charge in [0.15, 0.2) is 0 Å². The van der Waals surface area contributed by atoms with Gasteiger partial charge in [-0.25, -0.2) is 4.79 Å². The molecular formula is C16H21NO2. The summed E-state index contributed by atoms with van der Waals surface area (Å²) in [5, 5.41) is 12.4. The van der Waals surface area contributed by atoms with Gasteiger partial charge >= 0.3 is 5.97 Å². The predicted molar refractivity (Wildman–Crippen MR) is 76.0 cm³/mol. The van der Waals surface area contributed by atoms with Crippen LogP contribution in [-0.2, 0) is 4.79 Å². The Balaban J connectivity index is 1.84. The standard InChI is InChI=1S/C16H21NO2/c1-12(14-5-3-2-4-6-14)17-15-9-7-13(8-10-15)11-16(18)19/h2-6,11-12,15,17H,7-10H2,1H3,(H,18,19). The second kappa shape index (κ2) is 6.53. The predicted octanol–water partition coefficient (Wildman–Crippen LogP) is 3.29. The van der Waals surface area contributed by atoms with E-state index in [-0.39, 0.29) is 0 Å². The highest BCUT2D eigenvalue weighted by atomic mass is 16.4. The minimum absolute atomic E-state index is 0.344. The van der Waals surface area contributed by atoms with E-state index in [0.29, 0.717) is 12.1 Å². The Kier molecular flexibility index (Phi) is 4.74. The topological polar surface area (TPSA) is 49.3 Å². The zero-order valence-electron chi connectivity index (χ0n) is 11.3. The molecule has 1 aliphatic carbocycles. The second-order valence-electron chi connectivity index (χ2n) is 5.21. The average molecular weight is 259 g/mol. The Morgan fingerprint density at radius 3 is 2.53 bits per heavy atom. The van der Waals surface area contributed by atoms with E-state index in [4.69, 9.17) is 5.11 Å². The number of aliphatic carboxylic acids is 1. The molecule has 0 aliphatic heterocycles. The van der Waals surface area contributed by atoms with E-state index >= 15 is 0 Å². The molecule has 0 amide bonds. The number of allylic oxidation sites excluding steroid dienone is 1. The molecule has 0 heterocycles. The van der Waals surface area contributed by atoms with Crippen molar-refractivity contribution in [2.75, 3.05) is 0 Å². The van der Waals surface area contributed by atoms with Gasteiger partial charge in [0.25, 0.3) is 0 Å². The van der Waals surface area contributed by atoms with E-state index in [1.807, 2.05) is 6.07 Å². The molecule has 1 unspecified atom stereocenters. The molecule has 1 aliphatic rings. The Morgan fingerprint density at radius 2 is 1.95 bits per heavy atom. The lowest BCUT2D eigenvalue weighted by Crippen LogP contribution is -2.33. The summed E-state index contributed by atoms with van der Waals surface area (Å²) in [4.78, 5) is 10.6. The molecule has 2 rings (SSSR count). The molecule has 1 aromatic rings. The molecule has 2 N–H and O–H groups in total. The number of rotatable bonds is 4. The summed E-state index contributed by atoms with van der Waals surface area (Å²) in [6.45, 7) is 2.18. The highest BCUT2D eigenvalue weighted by Gasteiger charge is 2.19. The van der Waals surface area contributed by atoms with E-state index in [9.17, 15) is 4.79 Å².